The van der Waals surface area contributed by atoms with E-state index >= 15 is 0 Å². The molecule has 2 aromatic carbocycles. The first-order chi connectivity index (χ1) is 17.6. The summed E-state index contributed by atoms with van der Waals surface area (Å²) in [4.78, 5) is 25.0. The van der Waals surface area contributed by atoms with Crippen LogP contribution in [0.15, 0.2) is 41.6 Å². The monoisotopic (exact) mass is 525 g/mol. The number of rotatable bonds is 7. The predicted octanol–water partition coefficient (Wildman–Crippen LogP) is 6.53. The van der Waals surface area contributed by atoms with Crippen molar-refractivity contribution in [3.05, 3.63) is 64.1 Å². The summed E-state index contributed by atoms with van der Waals surface area (Å²) in [5, 5.41) is 5.54. The maximum atomic E-state index is 14.1. The van der Waals surface area contributed by atoms with Gasteiger partial charge in [-0.25, -0.2) is 8.78 Å². The Kier molecular flexibility index (Phi) is 8.41. The Morgan fingerprint density at radius 3 is 2.32 bits per heavy atom. The topological polar surface area (TPSA) is 71.0 Å². The highest BCUT2D eigenvalue weighted by molar-refractivity contribution is 5.77. The summed E-state index contributed by atoms with van der Waals surface area (Å²) in [6, 6.07) is 6.88. The van der Waals surface area contributed by atoms with E-state index in [-0.39, 0.29) is 36.3 Å². The fraction of sp³-hybridized carbons (Fsp3) is 0.500. The molecule has 0 spiro atoms. The maximum absolute atomic E-state index is 14.1. The van der Waals surface area contributed by atoms with Gasteiger partial charge in [-0.2, -0.15) is 13.2 Å². The number of nitroso groups, excluding NO2 is 1. The van der Waals surface area contributed by atoms with Gasteiger partial charge in [0.25, 0.3) is 0 Å². The summed E-state index contributed by atoms with van der Waals surface area (Å²) in [6.07, 6.45) is -1.01. The van der Waals surface area contributed by atoms with Crippen LogP contribution < -0.4 is 5.32 Å². The third kappa shape index (κ3) is 6.82. The molecule has 2 fully saturated rings. The van der Waals surface area contributed by atoms with E-state index in [1.54, 1.807) is 4.90 Å². The number of nitrogens with one attached hydrogen (secondary N) is 1. The van der Waals surface area contributed by atoms with Crippen LogP contribution in [0.4, 0.5) is 33.3 Å². The second-order valence-corrected chi connectivity index (χ2v) is 9.57. The first-order valence-electron chi connectivity index (χ1n) is 12.3. The molecular weight excluding hydrogens is 497 g/mol. The number of benzene rings is 2. The van der Waals surface area contributed by atoms with Gasteiger partial charge >= 0.3 is 6.18 Å². The Bertz CT molecular complexity index is 1110. The highest BCUT2D eigenvalue weighted by Crippen LogP contribution is 2.38. The van der Waals surface area contributed by atoms with Gasteiger partial charge in [0.05, 0.1) is 11.7 Å². The number of hydrogen-bond acceptors (Lipinski definition) is 5. The first-order valence-corrected chi connectivity index (χ1v) is 12.3. The molecule has 1 saturated carbocycles. The van der Waals surface area contributed by atoms with Crippen molar-refractivity contribution >= 4 is 17.3 Å². The summed E-state index contributed by atoms with van der Waals surface area (Å²) in [6.45, 7) is 0.880. The van der Waals surface area contributed by atoms with Crippen molar-refractivity contribution in [3.63, 3.8) is 0 Å². The largest absolute Gasteiger partial charge is 0.418 e. The van der Waals surface area contributed by atoms with Gasteiger partial charge in [-0.05, 0) is 79.4 Å². The van der Waals surface area contributed by atoms with E-state index in [2.05, 4.69) is 10.5 Å². The van der Waals surface area contributed by atoms with Gasteiger partial charge in [0, 0.05) is 30.9 Å². The van der Waals surface area contributed by atoms with Crippen LogP contribution in [0.5, 0.6) is 0 Å². The van der Waals surface area contributed by atoms with Crippen LogP contribution in [-0.2, 0) is 15.7 Å². The molecule has 0 atom stereocenters. The third-order valence-electron chi connectivity index (χ3n) is 7.14. The van der Waals surface area contributed by atoms with E-state index in [1.165, 1.54) is 18.2 Å². The van der Waals surface area contributed by atoms with E-state index in [1.807, 2.05) is 0 Å². The molecule has 200 valence electrons. The Morgan fingerprint density at radius 1 is 1.00 bits per heavy atom. The predicted molar refractivity (Wildman–Crippen MR) is 127 cm³/mol. The van der Waals surface area contributed by atoms with Crippen LogP contribution in [0, 0.1) is 16.5 Å². The van der Waals surface area contributed by atoms with Crippen molar-refractivity contribution < 1.29 is 31.5 Å². The molecule has 2 aliphatic rings. The number of carbonyl (C=O) groups is 1. The summed E-state index contributed by atoms with van der Waals surface area (Å²) < 4.78 is 72.5. The molecule has 1 N–H and O–H groups in total. The molecule has 1 saturated heterocycles. The minimum atomic E-state index is -4.68. The number of amides is 1. The Morgan fingerprint density at radius 2 is 1.70 bits per heavy atom. The van der Waals surface area contributed by atoms with Gasteiger partial charge in [0.2, 0.25) is 5.91 Å². The van der Waals surface area contributed by atoms with Crippen molar-refractivity contribution in [3.8, 4) is 0 Å². The molecule has 1 aliphatic carbocycles. The molecule has 37 heavy (non-hydrogen) atoms. The Labute approximate surface area is 211 Å². The maximum Gasteiger partial charge on any atom is 0.418 e. The molecule has 0 aromatic heterocycles. The average Bonchev–Trinajstić information content (AvgIpc) is 2.88. The number of nitrogens with zero attached hydrogens (tertiary/aromatic N) is 2. The van der Waals surface area contributed by atoms with Crippen molar-refractivity contribution in [1.82, 2.24) is 4.90 Å². The van der Waals surface area contributed by atoms with Gasteiger partial charge in [-0.3, -0.25) is 4.79 Å². The number of hydrogen-bond donors (Lipinski definition) is 1. The average molecular weight is 526 g/mol. The summed E-state index contributed by atoms with van der Waals surface area (Å²) in [5.74, 6) is -1.38. The Hall–Kier alpha value is -3.08. The first kappa shape index (κ1) is 27.0. The van der Waals surface area contributed by atoms with Crippen molar-refractivity contribution in [2.75, 3.05) is 25.0 Å². The van der Waals surface area contributed by atoms with E-state index in [4.69, 9.17) is 4.74 Å². The molecule has 2 aromatic rings. The number of anilines is 1. The number of halogens is 5. The Balaban J connectivity index is 1.19. The number of piperidine rings is 1. The van der Waals surface area contributed by atoms with Crippen LogP contribution in [0.25, 0.3) is 0 Å². The fourth-order valence-corrected chi connectivity index (χ4v) is 5.09. The normalized spacial score (nSPS) is 21.1. The molecule has 11 heteroatoms. The highest BCUT2D eigenvalue weighted by Gasteiger charge is 2.35. The van der Waals surface area contributed by atoms with Crippen LogP contribution in [-0.4, -0.2) is 42.6 Å². The SMILES string of the molecule is O=Nc1ccc(NC2CCC(OCC(=O)N3CCC(c4ccc(F)cc4F)CC3)CC2)cc1C(F)(F)F. The summed E-state index contributed by atoms with van der Waals surface area (Å²) in [7, 11) is 0. The molecular formula is C26H28F5N3O3. The quantitative estimate of drug-likeness (QED) is 0.330. The van der Waals surface area contributed by atoms with Crippen LogP contribution in [0.3, 0.4) is 0 Å². The molecule has 4 rings (SSSR count). The van der Waals surface area contributed by atoms with Crippen molar-refractivity contribution in [2.45, 2.75) is 62.8 Å². The fourth-order valence-electron chi connectivity index (χ4n) is 5.09. The van der Waals surface area contributed by atoms with Gasteiger partial charge in [0.15, 0.2) is 0 Å². The van der Waals surface area contributed by atoms with Crippen LogP contribution in [0.2, 0.25) is 0 Å². The zero-order valence-corrected chi connectivity index (χ0v) is 20.1. The second-order valence-electron chi connectivity index (χ2n) is 9.57. The second kappa shape index (κ2) is 11.5. The van der Waals surface area contributed by atoms with Crippen LogP contribution in [0.1, 0.15) is 55.6 Å². The van der Waals surface area contributed by atoms with Crippen molar-refractivity contribution in [1.29, 1.82) is 0 Å². The lowest BCUT2D eigenvalue weighted by Gasteiger charge is -2.33. The number of alkyl halides is 3. The smallest absolute Gasteiger partial charge is 0.382 e. The lowest BCUT2D eigenvalue weighted by molar-refractivity contribution is -0.140. The van der Waals surface area contributed by atoms with Gasteiger partial charge in [0.1, 0.15) is 23.9 Å². The number of carbonyl (C=O) groups excluding carboxylic acids is 1. The van der Waals surface area contributed by atoms with E-state index in [9.17, 15) is 31.7 Å². The van der Waals surface area contributed by atoms with E-state index in [0.717, 1.165) is 18.2 Å². The minimum absolute atomic E-state index is 0.0578. The van der Waals surface area contributed by atoms with E-state index in [0.29, 0.717) is 57.2 Å². The molecule has 1 aliphatic heterocycles. The lowest BCUT2D eigenvalue weighted by atomic mass is 9.89. The summed E-state index contributed by atoms with van der Waals surface area (Å²) >= 11 is 0. The van der Waals surface area contributed by atoms with Crippen molar-refractivity contribution in [2.24, 2.45) is 5.18 Å². The highest BCUT2D eigenvalue weighted by atomic mass is 19.4. The van der Waals surface area contributed by atoms with Gasteiger partial charge in [-0.15, -0.1) is 4.91 Å². The van der Waals surface area contributed by atoms with Gasteiger partial charge < -0.3 is 15.0 Å². The molecule has 1 heterocycles. The number of likely N-dealkylation sites (tertiary alicyclic amines) is 1. The zero-order valence-electron chi connectivity index (χ0n) is 20.1. The van der Waals surface area contributed by atoms with Gasteiger partial charge in [-0.1, -0.05) is 6.07 Å². The number of ether oxygens (including phenoxy) is 1. The third-order valence-corrected chi connectivity index (χ3v) is 7.14. The molecule has 0 unspecified atom stereocenters. The molecule has 0 radical (unpaired) electrons. The molecule has 6 nitrogen and oxygen atoms in total. The molecule has 0 bridgehead atoms. The molecule has 1 amide bonds. The minimum Gasteiger partial charge on any atom is -0.382 e. The lowest BCUT2D eigenvalue weighted by Crippen LogP contribution is -2.41. The zero-order chi connectivity index (χ0) is 26.6. The summed E-state index contributed by atoms with van der Waals surface area (Å²) in [5.41, 5.74) is -0.981. The van der Waals surface area contributed by atoms with Crippen LogP contribution >= 0.6 is 0 Å². The standard InChI is InChI=1S/C26H28F5N3O3/c27-17-1-7-21(23(28)13-17)16-9-11-34(12-10-16)25(35)15-37-20-5-2-18(3-6-20)32-19-4-8-24(33-36)22(14-19)26(29,30)31/h1,4,7-8,13-14,16,18,20,32H,2-3,5-6,9-12,15H2. The van der Waals surface area contributed by atoms with E-state index < -0.39 is 29.1 Å².